The molecule has 2 aliphatic heterocycles. The molecule has 10 nitrogen and oxygen atoms in total. The first-order chi connectivity index (χ1) is 22.6. The molecule has 7 rings (SSSR count). The molecule has 0 bridgehead atoms. The van der Waals surface area contributed by atoms with Crippen LogP contribution in [0.1, 0.15) is 38.7 Å². The minimum Gasteiger partial charge on any atom is -0.435 e. The number of carbonyl (C=O) groups excluding carboxylic acids is 1. The molecule has 2 aliphatic rings. The number of alkyl halides is 1. The number of oxazole rings is 1. The molecule has 0 aliphatic carbocycles. The van der Waals surface area contributed by atoms with E-state index in [9.17, 15) is 19.6 Å². The van der Waals surface area contributed by atoms with Crippen molar-refractivity contribution in [1.29, 1.82) is 5.26 Å². The number of aliphatic hydroxyl groups is 1. The van der Waals surface area contributed by atoms with Gasteiger partial charge in [-0.1, -0.05) is 35.9 Å². The first kappa shape index (κ1) is 31.0. The van der Waals surface area contributed by atoms with Crippen LogP contribution in [0.25, 0.3) is 33.7 Å². The number of likely N-dealkylation sites (N-methyl/N-ethyl adjacent to an activating group) is 1. The minimum absolute atomic E-state index is 0.132. The van der Waals surface area contributed by atoms with Crippen LogP contribution in [0.4, 0.5) is 10.1 Å². The number of nitrogens with zero attached hydrogens (tertiary/aromatic N) is 6. The lowest BCUT2D eigenvalue weighted by Gasteiger charge is -2.21. The lowest BCUT2D eigenvalue weighted by atomic mass is 9.96. The van der Waals surface area contributed by atoms with Crippen LogP contribution in [-0.2, 0) is 26.6 Å². The molecule has 5 aromatic rings. The van der Waals surface area contributed by atoms with Gasteiger partial charge in [-0.25, -0.2) is 14.4 Å². The van der Waals surface area contributed by atoms with Gasteiger partial charge in [0.2, 0.25) is 5.89 Å². The summed E-state index contributed by atoms with van der Waals surface area (Å²) in [5.41, 5.74) is 7.57. The Morgan fingerprint density at radius 1 is 1.15 bits per heavy atom. The summed E-state index contributed by atoms with van der Waals surface area (Å²) >= 11 is 6.95. The van der Waals surface area contributed by atoms with Crippen molar-refractivity contribution in [3.63, 3.8) is 0 Å². The van der Waals surface area contributed by atoms with E-state index in [1.807, 2.05) is 66.9 Å². The lowest BCUT2D eigenvalue weighted by molar-refractivity contribution is 0.101. The molecule has 2 aromatic heterocycles. The second-order valence-corrected chi connectivity index (χ2v) is 12.8. The molecule has 1 amide bonds. The highest BCUT2D eigenvalue weighted by Crippen LogP contribution is 2.39. The molecule has 0 unspecified atom stereocenters. The highest BCUT2D eigenvalue weighted by atomic mass is 35.5. The van der Waals surface area contributed by atoms with Gasteiger partial charge in [-0.15, -0.1) is 0 Å². The number of hydrogen-bond acceptors (Lipinski definition) is 8. The monoisotopic (exact) mass is 653 g/mol. The Bertz CT molecular complexity index is 2070. The van der Waals surface area contributed by atoms with Crippen LogP contribution in [0, 0.1) is 18.3 Å². The van der Waals surface area contributed by atoms with Crippen LogP contribution in [0.5, 0.6) is 0 Å². The average Bonchev–Trinajstić information content (AvgIpc) is 3.72. The van der Waals surface area contributed by atoms with Crippen molar-refractivity contribution in [2.24, 2.45) is 7.05 Å². The molecule has 240 valence electrons. The van der Waals surface area contributed by atoms with Crippen molar-refractivity contribution in [3.8, 4) is 28.7 Å². The molecule has 1 saturated heterocycles. The largest absolute Gasteiger partial charge is 0.435 e. The summed E-state index contributed by atoms with van der Waals surface area (Å²) < 4.78 is 21.9. The van der Waals surface area contributed by atoms with Gasteiger partial charge < -0.3 is 24.3 Å². The van der Waals surface area contributed by atoms with E-state index in [-0.39, 0.29) is 19.0 Å². The van der Waals surface area contributed by atoms with Gasteiger partial charge in [0, 0.05) is 63.0 Å². The molecule has 1 fully saturated rings. The van der Waals surface area contributed by atoms with Crippen LogP contribution < -0.4 is 5.32 Å². The Kier molecular flexibility index (Phi) is 8.06. The van der Waals surface area contributed by atoms with E-state index in [0.717, 1.165) is 52.2 Å². The smallest absolute Gasteiger partial charge is 0.291 e. The first-order valence-corrected chi connectivity index (χ1v) is 15.8. The number of aliphatic hydroxyl groups excluding tert-OH is 1. The summed E-state index contributed by atoms with van der Waals surface area (Å²) in [6, 6.07) is 17.0. The number of imidazole rings is 1. The molecular formula is C35H33ClFN7O3. The van der Waals surface area contributed by atoms with Crippen molar-refractivity contribution in [2.75, 3.05) is 32.0 Å². The van der Waals surface area contributed by atoms with E-state index in [1.165, 1.54) is 0 Å². The Balaban J connectivity index is 1.18. The van der Waals surface area contributed by atoms with E-state index < -0.39 is 12.3 Å². The Labute approximate surface area is 276 Å². The van der Waals surface area contributed by atoms with E-state index in [1.54, 1.807) is 12.1 Å². The number of rotatable bonds is 6. The third-order valence-electron chi connectivity index (χ3n) is 9.12. The van der Waals surface area contributed by atoms with E-state index in [0.29, 0.717) is 52.2 Å². The topological polar surface area (TPSA) is 123 Å². The number of anilines is 1. The van der Waals surface area contributed by atoms with Gasteiger partial charge in [0.1, 0.15) is 17.8 Å². The molecule has 0 spiro atoms. The van der Waals surface area contributed by atoms with Crippen LogP contribution in [-0.4, -0.2) is 74.3 Å². The van der Waals surface area contributed by atoms with Gasteiger partial charge in [0.25, 0.3) is 5.91 Å². The number of benzene rings is 3. The maximum absolute atomic E-state index is 13.9. The predicted octanol–water partition coefficient (Wildman–Crippen LogP) is 5.48. The Hall–Kier alpha value is -4.60. The third-order valence-corrected chi connectivity index (χ3v) is 9.53. The van der Waals surface area contributed by atoms with E-state index in [2.05, 4.69) is 21.3 Å². The number of aromatic nitrogens is 3. The minimum atomic E-state index is -1.29. The maximum atomic E-state index is 13.9. The summed E-state index contributed by atoms with van der Waals surface area (Å²) in [6.45, 7) is 4.30. The van der Waals surface area contributed by atoms with Crippen molar-refractivity contribution in [1.82, 2.24) is 24.3 Å². The van der Waals surface area contributed by atoms with Crippen LogP contribution >= 0.6 is 11.6 Å². The molecule has 3 aromatic carbocycles. The number of amides is 1. The molecule has 47 heavy (non-hydrogen) atoms. The number of nitriles is 1. The van der Waals surface area contributed by atoms with Crippen molar-refractivity contribution >= 4 is 34.3 Å². The van der Waals surface area contributed by atoms with Crippen LogP contribution in [0.15, 0.2) is 52.9 Å². The fourth-order valence-electron chi connectivity index (χ4n) is 6.63. The van der Waals surface area contributed by atoms with Crippen LogP contribution in [0.3, 0.4) is 0 Å². The summed E-state index contributed by atoms with van der Waals surface area (Å²) in [5, 5.41) is 23.1. The van der Waals surface area contributed by atoms with Gasteiger partial charge in [-0.2, -0.15) is 5.26 Å². The van der Waals surface area contributed by atoms with Crippen molar-refractivity contribution in [3.05, 3.63) is 87.5 Å². The standard InChI is InChI=1S/C35H33ClFN7O3/c1-19-22(24-8-5-9-26(31(24)36)40-34(46)33-39-28-17-42(2)11-10-29(28)43(33)3)6-4-7-23(19)35-41-27-13-20(12-21(14-38)32(27)47-35)15-44-16-25(37)30(45)18-44/h4-9,12-13,25,30,45H,10-11,15-18H2,1-3H3,(H,40,46)/t25-,30+/m0/s1. The first-order valence-electron chi connectivity index (χ1n) is 15.4. The molecule has 2 atom stereocenters. The number of halogens is 2. The zero-order valence-electron chi connectivity index (χ0n) is 26.2. The summed E-state index contributed by atoms with van der Waals surface area (Å²) in [7, 11) is 3.90. The zero-order valence-corrected chi connectivity index (χ0v) is 27.0. The molecule has 0 radical (unpaired) electrons. The van der Waals surface area contributed by atoms with E-state index in [4.69, 9.17) is 21.0 Å². The van der Waals surface area contributed by atoms with Gasteiger partial charge in [0.15, 0.2) is 11.4 Å². The van der Waals surface area contributed by atoms with Crippen molar-refractivity contribution in [2.45, 2.75) is 38.7 Å². The molecular weight excluding hydrogens is 621 g/mol. The van der Waals surface area contributed by atoms with Crippen molar-refractivity contribution < 1.29 is 18.7 Å². The quantitative estimate of drug-likeness (QED) is 0.247. The number of β-amino-alcohol motifs (C(OH)–C–C–N with tert-alkyl or cyclic N) is 1. The fourth-order valence-corrected chi connectivity index (χ4v) is 6.90. The average molecular weight is 654 g/mol. The number of likely N-dealkylation sites (tertiary alicyclic amines) is 1. The highest BCUT2D eigenvalue weighted by molar-refractivity contribution is 6.36. The molecule has 0 saturated carbocycles. The summed E-state index contributed by atoms with van der Waals surface area (Å²) in [4.78, 5) is 26.8. The predicted molar refractivity (Wildman–Crippen MR) is 177 cm³/mol. The molecule has 2 N–H and O–H groups in total. The fraction of sp³-hybridized carbons (Fsp3) is 0.314. The highest BCUT2D eigenvalue weighted by Gasteiger charge is 2.31. The second-order valence-electron chi connectivity index (χ2n) is 12.4. The third kappa shape index (κ3) is 5.68. The number of nitrogens with one attached hydrogen (secondary N) is 1. The number of carbonyl (C=O) groups is 1. The number of hydrogen-bond donors (Lipinski definition) is 2. The van der Waals surface area contributed by atoms with Gasteiger partial charge >= 0.3 is 0 Å². The normalized spacial score (nSPS) is 18.4. The summed E-state index contributed by atoms with van der Waals surface area (Å²) in [5.74, 6) is 0.350. The number of fused-ring (bicyclic) bond motifs is 2. The second kappa shape index (κ2) is 12.2. The maximum Gasteiger partial charge on any atom is 0.291 e. The van der Waals surface area contributed by atoms with Crippen LogP contribution in [0.2, 0.25) is 5.02 Å². The summed E-state index contributed by atoms with van der Waals surface area (Å²) in [6.07, 6.45) is -1.47. The molecule has 12 heteroatoms. The Morgan fingerprint density at radius 3 is 2.68 bits per heavy atom. The lowest BCUT2D eigenvalue weighted by Crippen LogP contribution is -2.27. The van der Waals surface area contributed by atoms with Gasteiger partial charge in [-0.3, -0.25) is 9.69 Å². The zero-order chi connectivity index (χ0) is 33.0. The Morgan fingerprint density at radius 2 is 1.91 bits per heavy atom. The van der Waals surface area contributed by atoms with E-state index >= 15 is 0 Å². The van der Waals surface area contributed by atoms with Gasteiger partial charge in [-0.05, 0) is 54.9 Å². The molecule has 4 heterocycles. The SMILES string of the molecule is Cc1c(-c2nc3cc(CN4C[C@@H](O)[C@@H](F)C4)cc(C#N)c3o2)cccc1-c1cccc(NC(=O)c2nc3c(n2C)CCN(C)C3)c1Cl. The van der Waals surface area contributed by atoms with Gasteiger partial charge in [0.05, 0.1) is 28.1 Å².